The third kappa shape index (κ3) is 2.84. The van der Waals surface area contributed by atoms with Crippen LogP contribution in [0.2, 0.25) is 0 Å². The lowest BCUT2D eigenvalue weighted by Gasteiger charge is -2.49. The first-order valence-electron chi connectivity index (χ1n) is 10.1. The Morgan fingerprint density at radius 2 is 1.81 bits per heavy atom. The lowest BCUT2D eigenvalue weighted by atomic mass is 9.94. The summed E-state index contributed by atoms with van der Waals surface area (Å²) in [5.41, 5.74) is 0.202. The van der Waals surface area contributed by atoms with Crippen LogP contribution in [0.1, 0.15) is 34.1 Å². The number of hydrogen-bond acceptors (Lipinski definition) is 5. The molecule has 3 aromatic rings. The maximum absolute atomic E-state index is 14.8. The van der Waals surface area contributed by atoms with Crippen molar-refractivity contribution in [1.82, 2.24) is 9.58 Å². The predicted octanol–water partition coefficient (Wildman–Crippen LogP) is 2.75. The van der Waals surface area contributed by atoms with E-state index in [0.29, 0.717) is 5.56 Å². The molecule has 2 aliphatic heterocycles. The molecule has 1 N–H and O–H groups in total. The third-order valence-corrected chi connectivity index (χ3v) is 5.96. The van der Waals surface area contributed by atoms with E-state index in [-0.39, 0.29) is 24.5 Å². The molecule has 0 radical (unpaired) electrons. The van der Waals surface area contributed by atoms with Crippen LogP contribution in [0.25, 0.3) is 0 Å². The fraction of sp³-hybridized carbons (Fsp3) is 0.217. The van der Waals surface area contributed by atoms with Gasteiger partial charge in [-0.1, -0.05) is 30.3 Å². The molecule has 0 saturated carbocycles. The second-order valence-corrected chi connectivity index (χ2v) is 7.73. The Bertz CT molecular complexity index is 1280. The van der Waals surface area contributed by atoms with Crippen molar-refractivity contribution in [1.29, 1.82) is 0 Å². The normalized spacial score (nSPS) is 19.9. The summed E-state index contributed by atoms with van der Waals surface area (Å²) >= 11 is 0. The number of carbonyl (C=O) groups excluding carboxylic acids is 1. The number of fused-ring (bicyclic) bond motifs is 4. The minimum atomic E-state index is -1.09. The van der Waals surface area contributed by atoms with Gasteiger partial charge in [-0.2, -0.15) is 4.39 Å². The molecule has 2 aromatic carbocycles. The van der Waals surface area contributed by atoms with E-state index in [1.165, 1.54) is 21.8 Å². The highest BCUT2D eigenvalue weighted by atomic mass is 19.2. The van der Waals surface area contributed by atoms with E-state index in [1.54, 1.807) is 12.1 Å². The number of aromatic hydroxyl groups is 1. The standard InChI is InChI=1S/C23H19F2N3O4/c1-26-17-10-12-32-22-14(7-8-15(24)18(22)25)19(13-5-3-2-4-6-13)28(17)27-11-9-16(29)21(30)20(27)23(26)31/h2-9,11,17,19,30H,10,12H2,1H3/t17-,19?/m0/s1. The first-order valence-corrected chi connectivity index (χ1v) is 10.1. The van der Waals surface area contributed by atoms with E-state index in [2.05, 4.69) is 0 Å². The molecule has 164 valence electrons. The fourth-order valence-corrected chi connectivity index (χ4v) is 4.44. The molecular formula is C23H19F2N3O4. The van der Waals surface area contributed by atoms with Gasteiger partial charge in [0.1, 0.15) is 12.2 Å². The van der Waals surface area contributed by atoms with Crippen molar-refractivity contribution in [3.63, 3.8) is 0 Å². The number of nitrogens with zero attached hydrogens (tertiary/aromatic N) is 3. The summed E-state index contributed by atoms with van der Waals surface area (Å²) in [6, 6.07) is 12.0. The number of rotatable bonds is 1. The molecule has 1 unspecified atom stereocenters. The van der Waals surface area contributed by atoms with Crippen LogP contribution in [-0.4, -0.2) is 40.4 Å². The monoisotopic (exact) mass is 439 g/mol. The molecule has 7 nitrogen and oxygen atoms in total. The van der Waals surface area contributed by atoms with Gasteiger partial charge in [-0.05, 0) is 17.7 Å². The third-order valence-electron chi connectivity index (χ3n) is 5.96. The molecule has 0 saturated heterocycles. The largest absolute Gasteiger partial charge is 0.502 e. The Morgan fingerprint density at radius 3 is 2.56 bits per heavy atom. The van der Waals surface area contributed by atoms with Gasteiger partial charge in [0.25, 0.3) is 5.91 Å². The van der Waals surface area contributed by atoms with Crippen molar-refractivity contribution in [3.8, 4) is 11.5 Å². The zero-order valence-corrected chi connectivity index (χ0v) is 17.0. The van der Waals surface area contributed by atoms with E-state index < -0.39 is 40.9 Å². The van der Waals surface area contributed by atoms with E-state index >= 15 is 0 Å². The molecule has 2 aliphatic rings. The molecule has 0 spiro atoms. The number of hydrogen-bond donors (Lipinski definition) is 1. The summed E-state index contributed by atoms with van der Waals surface area (Å²) in [5.74, 6) is -3.52. The minimum absolute atomic E-state index is 0.0230. The van der Waals surface area contributed by atoms with Gasteiger partial charge in [0, 0.05) is 31.3 Å². The van der Waals surface area contributed by atoms with E-state index in [1.807, 2.05) is 30.3 Å². The fourth-order valence-electron chi connectivity index (χ4n) is 4.44. The van der Waals surface area contributed by atoms with Crippen LogP contribution in [0, 0.1) is 11.6 Å². The minimum Gasteiger partial charge on any atom is -0.502 e. The molecular weight excluding hydrogens is 420 g/mol. The molecule has 2 atom stereocenters. The molecule has 1 aromatic heterocycles. The number of pyridine rings is 1. The highest BCUT2D eigenvalue weighted by molar-refractivity contribution is 5.96. The van der Waals surface area contributed by atoms with Gasteiger partial charge >= 0.3 is 0 Å². The Balaban J connectivity index is 1.85. The quantitative estimate of drug-likeness (QED) is 0.631. The van der Waals surface area contributed by atoms with Crippen molar-refractivity contribution < 1.29 is 23.4 Å². The second kappa shape index (κ2) is 7.37. The maximum atomic E-state index is 14.8. The lowest BCUT2D eigenvalue weighted by Crippen LogP contribution is -2.62. The van der Waals surface area contributed by atoms with Crippen LogP contribution < -0.4 is 15.2 Å². The van der Waals surface area contributed by atoms with Crippen molar-refractivity contribution in [2.75, 3.05) is 18.7 Å². The molecule has 0 fully saturated rings. The van der Waals surface area contributed by atoms with E-state index in [0.717, 1.165) is 17.7 Å². The Kier molecular flexibility index (Phi) is 4.61. The van der Waals surface area contributed by atoms with Crippen molar-refractivity contribution in [3.05, 3.63) is 93.4 Å². The number of aromatic nitrogens is 1. The highest BCUT2D eigenvalue weighted by Crippen LogP contribution is 2.41. The molecule has 3 heterocycles. The summed E-state index contributed by atoms with van der Waals surface area (Å²) in [5, 5.41) is 12.2. The summed E-state index contributed by atoms with van der Waals surface area (Å²) in [4.78, 5) is 26.6. The SMILES string of the molecule is CN1C(=O)c2c(O)c(=O)ccn2N2C(c3ccccc3)c3ccc(F)c(F)c3OCC[C@@H]12. The predicted molar refractivity (Wildman–Crippen MR) is 111 cm³/mol. The summed E-state index contributed by atoms with van der Waals surface area (Å²) in [6.07, 6.45) is 1.13. The number of ether oxygens (including phenoxy) is 1. The van der Waals surface area contributed by atoms with Gasteiger partial charge in [0.05, 0.1) is 6.61 Å². The van der Waals surface area contributed by atoms with Gasteiger partial charge in [-0.15, -0.1) is 0 Å². The van der Waals surface area contributed by atoms with Gasteiger partial charge in [-0.25, -0.2) is 4.39 Å². The van der Waals surface area contributed by atoms with Gasteiger partial charge < -0.3 is 14.7 Å². The Morgan fingerprint density at radius 1 is 1.06 bits per heavy atom. The van der Waals surface area contributed by atoms with Crippen molar-refractivity contribution in [2.45, 2.75) is 18.6 Å². The van der Waals surface area contributed by atoms with Crippen LogP contribution in [-0.2, 0) is 0 Å². The van der Waals surface area contributed by atoms with Crippen LogP contribution >= 0.6 is 0 Å². The van der Waals surface area contributed by atoms with Gasteiger partial charge in [0.2, 0.25) is 11.2 Å². The van der Waals surface area contributed by atoms with Crippen LogP contribution in [0.15, 0.2) is 59.5 Å². The molecule has 0 aliphatic carbocycles. The summed E-state index contributed by atoms with van der Waals surface area (Å²) in [6.45, 7) is 0.0230. The first kappa shape index (κ1) is 20.0. The molecule has 5 rings (SSSR count). The molecule has 32 heavy (non-hydrogen) atoms. The van der Waals surface area contributed by atoms with E-state index in [9.17, 15) is 23.5 Å². The van der Waals surface area contributed by atoms with Crippen LogP contribution in [0.3, 0.4) is 0 Å². The van der Waals surface area contributed by atoms with E-state index in [4.69, 9.17) is 4.74 Å². The maximum Gasteiger partial charge on any atom is 0.277 e. The number of benzene rings is 2. The smallest absolute Gasteiger partial charge is 0.277 e. The summed E-state index contributed by atoms with van der Waals surface area (Å²) < 4.78 is 35.9. The number of halogens is 2. The first-order chi connectivity index (χ1) is 15.4. The van der Waals surface area contributed by atoms with Crippen molar-refractivity contribution >= 4 is 5.91 Å². The van der Waals surface area contributed by atoms with Crippen LogP contribution in [0.4, 0.5) is 8.78 Å². The topological polar surface area (TPSA) is 75.0 Å². The number of carbonyl (C=O) groups is 1. The van der Waals surface area contributed by atoms with Gasteiger partial charge in [-0.3, -0.25) is 19.3 Å². The van der Waals surface area contributed by atoms with Crippen molar-refractivity contribution in [2.24, 2.45) is 0 Å². The average molecular weight is 439 g/mol. The van der Waals surface area contributed by atoms with Crippen LogP contribution in [0.5, 0.6) is 11.5 Å². The Labute approximate surface area is 181 Å². The highest BCUT2D eigenvalue weighted by Gasteiger charge is 2.43. The zero-order chi connectivity index (χ0) is 22.6. The molecule has 9 heteroatoms. The second-order valence-electron chi connectivity index (χ2n) is 7.73. The molecule has 0 bridgehead atoms. The zero-order valence-electron chi connectivity index (χ0n) is 17.0. The average Bonchev–Trinajstić information content (AvgIpc) is 2.78. The summed E-state index contributed by atoms with van der Waals surface area (Å²) in [7, 11) is 1.57. The Hall–Kier alpha value is -3.88. The lowest BCUT2D eigenvalue weighted by molar-refractivity contribution is 0.0571. The molecule has 1 amide bonds. The van der Waals surface area contributed by atoms with Gasteiger partial charge in [0.15, 0.2) is 23.0 Å². The number of amides is 1.